The van der Waals surface area contributed by atoms with Crippen LogP contribution in [0, 0.1) is 0 Å². The third-order valence-corrected chi connectivity index (χ3v) is 10.9. The summed E-state index contributed by atoms with van der Waals surface area (Å²) in [6.07, 6.45) is 3.80. The molecule has 0 aliphatic heterocycles. The van der Waals surface area contributed by atoms with Crippen molar-refractivity contribution in [3.63, 3.8) is 0 Å². The minimum atomic E-state index is 0.883. The highest BCUT2D eigenvalue weighted by Crippen LogP contribution is 2.47. The van der Waals surface area contributed by atoms with Crippen LogP contribution in [0.15, 0.2) is 193 Å². The largest absolute Gasteiger partial charge is 0.456 e. The molecular formula is C51H31NO. The van der Waals surface area contributed by atoms with Crippen molar-refractivity contribution in [2.45, 2.75) is 0 Å². The molecule has 2 aromatic heterocycles. The zero-order valence-electron chi connectivity index (χ0n) is 28.8. The summed E-state index contributed by atoms with van der Waals surface area (Å²) in [5.74, 6) is 0. The second-order valence-electron chi connectivity index (χ2n) is 13.8. The summed E-state index contributed by atoms with van der Waals surface area (Å²) in [4.78, 5) is 4.47. The number of nitrogens with zero attached hydrogens (tertiary/aromatic N) is 1. The van der Waals surface area contributed by atoms with Gasteiger partial charge in [-0.05, 0) is 112 Å². The Morgan fingerprint density at radius 2 is 0.717 bits per heavy atom. The van der Waals surface area contributed by atoms with E-state index in [-0.39, 0.29) is 0 Å². The summed E-state index contributed by atoms with van der Waals surface area (Å²) < 4.78 is 6.67. The highest BCUT2D eigenvalue weighted by molar-refractivity contribution is 6.23. The zero-order chi connectivity index (χ0) is 34.9. The van der Waals surface area contributed by atoms with Gasteiger partial charge in [0, 0.05) is 28.7 Å². The molecule has 11 aromatic rings. The Balaban J connectivity index is 1.13. The fourth-order valence-corrected chi connectivity index (χ4v) is 8.70. The van der Waals surface area contributed by atoms with Crippen molar-refractivity contribution < 1.29 is 4.42 Å². The van der Waals surface area contributed by atoms with Crippen molar-refractivity contribution in [2.75, 3.05) is 0 Å². The lowest BCUT2D eigenvalue weighted by Gasteiger charge is -2.17. The molecular weight excluding hydrogens is 643 g/mol. The average Bonchev–Trinajstić information content (AvgIpc) is 3.59. The van der Waals surface area contributed by atoms with Gasteiger partial charge in [-0.2, -0.15) is 0 Å². The molecule has 53 heavy (non-hydrogen) atoms. The molecule has 0 atom stereocenters. The Kier molecular flexibility index (Phi) is 6.59. The Labute approximate surface area is 306 Å². The van der Waals surface area contributed by atoms with E-state index in [4.69, 9.17) is 4.42 Å². The van der Waals surface area contributed by atoms with Crippen LogP contribution in [0.25, 0.3) is 110 Å². The van der Waals surface area contributed by atoms with Crippen molar-refractivity contribution in [1.29, 1.82) is 0 Å². The predicted molar refractivity (Wildman–Crippen MR) is 223 cm³/mol. The van der Waals surface area contributed by atoms with Gasteiger partial charge in [0.05, 0.1) is 0 Å². The fourth-order valence-electron chi connectivity index (χ4n) is 8.70. The molecule has 0 amide bonds. The molecule has 2 nitrogen and oxygen atoms in total. The first-order valence-electron chi connectivity index (χ1n) is 18.1. The van der Waals surface area contributed by atoms with Crippen molar-refractivity contribution >= 4 is 65.0 Å². The van der Waals surface area contributed by atoms with Crippen molar-refractivity contribution in [3.8, 4) is 44.5 Å². The van der Waals surface area contributed by atoms with Gasteiger partial charge in [0.1, 0.15) is 11.2 Å². The number of rotatable bonds is 4. The van der Waals surface area contributed by atoms with Crippen LogP contribution < -0.4 is 0 Å². The summed E-state index contributed by atoms with van der Waals surface area (Å²) in [5, 5.41) is 12.1. The lowest BCUT2D eigenvalue weighted by Crippen LogP contribution is -1.91. The molecule has 0 aliphatic rings. The Morgan fingerprint density at radius 1 is 0.283 bits per heavy atom. The van der Waals surface area contributed by atoms with E-state index in [0.29, 0.717) is 0 Å². The third-order valence-electron chi connectivity index (χ3n) is 10.9. The number of fused-ring (bicyclic) bond motifs is 7. The van der Waals surface area contributed by atoms with E-state index in [1.807, 2.05) is 18.5 Å². The molecule has 9 aromatic carbocycles. The maximum atomic E-state index is 6.67. The molecule has 0 saturated heterocycles. The second-order valence-corrected chi connectivity index (χ2v) is 13.8. The fraction of sp³-hybridized carbons (Fsp3) is 0. The van der Waals surface area contributed by atoms with Crippen molar-refractivity contribution in [3.05, 3.63) is 188 Å². The van der Waals surface area contributed by atoms with Crippen LogP contribution in [0.1, 0.15) is 0 Å². The highest BCUT2D eigenvalue weighted by atomic mass is 16.3. The van der Waals surface area contributed by atoms with Crippen LogP contribution >= 0.6 is 0 Å². The summed E-state index contributed by atoms with van der Waals surface area (Å²) >= 11 is 0. The SMILES string of the molecule is c1ccc(-c2c3ccccc3c(-c3ccc4oc5cc(-c6c7ccccc7c(-c7cccnc7)c7ccccc67)ccc5c4c3)c3ccccc23)cc1. The molecule has 0 unspecified atom stereocenters. The first kappa shape index (κ1) is 29.7. The Hall–Kier alpha value is -7.03. The van der Waals surface area contributed by atoms with Crippen LogP contribution in [-0.2, 0) is 0 Å². The van der Waals surface area contributed by atoms with E-state index in [1.165, 1.54) is 76.5 Å². The van der Waals surface area contributed by atoms with Crippen LogP contribution in [0.5, 0.6) is 0 Å². The quantitative estimate of drug-likeness (QED) is 0.174. The molecule has 2 heterocycles. The molecule has 2 heteroatoms. The van der Waals surface area contributed by atoms with E-state index >= 15 is 0 Å². The number of benzene rings is 9. The topological polar surface area (TPSA) is 26.0 Å². The first-order valence-corrected chi connectivity index (χ1v) is 18.1. The zero-order valence-corrected chi connectivity index (χ0v) is 28.8. The van der Waals surface area contributed by atoms with E-state index in [2.05, 4.69) is 175 Å². The van der Waals surface area contributed by atoms with Crippen LogP contribution in [0.2, 0.25) is 0 Å². The van der Waals surface area contributed by atoms with Gasteiger partial charge in [0.15, 0.2) is 0 Å². The van der Waals surface area contributed by atoms with Gasteiger partial charge >= 0.3 is 0 Å². The first-order chi connectivity index (χ1) is 26.3. The minimum Gasteiger partial charge on any atom is -0.456 e. The average molecular weight is 674 g/mol. The minimum absolute atomic E-state index is 0.883. The number of pyridine rings is 1. The molecule has 0 fully saturated rings. The summed E-state index contributed by atoms with van der Waals surface area (Å²) in [5.41, 5.74) is 11.4. The Bertz CT molecular complexity index is 3100. The maximum Gasteiger partial charge on any atom is 0.136 e. The smallest absolute Gasteiger partial charge is 0.136 e. The molecule has 0 N–H and O–H groups in total. The van der Waals surface area contributed by atoms with Gasteiger partial charge in [-0.1, -0.05) is 146 Å². The van der Waals surface area contributed by atoms with Crippen molar-refractivity contribution in [1.82, 2.24) is 4.98 Å². The number of hydrogen-bond donors (Lipinski definition) is 0. The number of furan rings is 1. The van der Waals surface area contributed by atoms with E-state index in [9.17, 15) is 0 Å². The molecule has 0 bridgehead atoms. The molecule has 0 radical (unpaired) electrons. The predicted octanol–water partition coefficient (Wildman–Crippen LogP) is 14.3. The van der Waals surface area contributed by atoms with Gasteiger partial charge in [-0.15, -0.1) is 0 Å². The molecule has 0 spiro atoms. The molecule has 0 aliphatic carbocycles. The standard InChI is InChI=1S/C51H31NO/c1-2-13-32(14-3-1)48-37-16-4-6-18-39(37)49(40-19-7-5-17-38(40)48)33-25-27-46-45(29-33)36-26-24-34(30-47(36)53-46)50-41-20-8-10-22-43(41)51(35-15-12-28-52-31-35)44-23-11-9-21-42(44)50/h1-31H. The van der Waals surface area contributed by atoms with E-state index in [1.54, 1.807) is 0 Å². The van der Waals surface area contributed by atoms with Crippen LogP contribution in [-0.4, -0.2) is 4.98 Å². The third kappa shape index (κ3) is 4.56. The lowest BCUT2D eigenvalue weighted by atomic mass is 9.85. The normalized spacial score (nSPS) is 11.8. The maximum absolute atomic E-state index is 6.67. The molecule has 11 rings (SSSR count). The monoisotopic (exact) mass is 673 g/mol. The summed E-state index contributed by atoms with van der Waals surface area (Å²) in [6.45, 7) is 0. The van der Waals surface area contributed by atoms with Gasteiger partial charge in [-0.25, -0.2) is 0 Å². The van der Waals surface area contributed by atoms with Gasteiger partial charge in [0.25, 0.3) is 0 Å². The summed E-state index contributed by atoms with van der Waals surface area (Å²) in [6, 6.07) is 63.5. The molecule has 246 valence electrons. The van der Waals surface area contributed by atoms with E-state index < -0.39 is 0 Å². The second kappa shape index (κ2) is 11.8. The molecule has 0 saturated carbocycles. The Morgan fingerprint density at radius 3 is 1.23 bits per heavy atom. The van der Waals surface area contributed by atoms with Gasteiger partial charge in [-0.3, -0.25) is 4.98 Å². The number of hydrogen-bond acceptors (Lipinski definition) is 2. The summed E-state index contributed by atoms with van der Waals surface area (Å²) in [7, 11) is 0. The van der Waals surface area contributed by atoms with Crippen molar-refractivity contribution in [2.24, 2.45) is 0 Å². The highest BCUT2D eigenvalue weighted by Gasteiger charge is 2.20. The van der Waals surface area contributed by atoms with E-state index in [0.717, 1.165) is 33.1 Å². The van der Waals surface area contributed by atoms with Crippen LogP contribution in [0.3, 0.4) is 0 Å². The van der Waals surface area contributed by atoms with Gasteiger partial charge in [0.2, 0.25) is 0 Å². The lowest BCUT2D eigenvalue weighted by molar-refractivity contribution is 0.669. The van der Waals surface area contributed by atoms with Gasteiger partial charge < -0.3 is 4.42 Å². The van der Waals surface area contributed by atoms with Crippen LogP contribution in [0.4, 0.5) is 0 Å². The number of aromatic nitrogens is 1.